The quantitative estimate of drug-likeness (QED) is 0.210. The second kappa shape index (κ2) is 13.6. The first-order chi connectivity index (χ1) is 14.7. The summed E-state index contributed by atoms with van der Waals surface area (Å²) in [6.45, 7) is 6.83. The van der Waals surface area contributed by atoms with Crippen LogP contribution in [0, 0.1) is 0 Å². The molecule has 31 heavy (non-hydrogen) atoms. The lowest BCUT2D eigenvalue weighted by Gasteiger charge is -2.27. The molecule has 1 aliphatic rings. The second-order valence-electron chi connectivity index (χ2n) is 7.81. The minimum Gasteiger partial charge on any atom is -0.497 e. The number of nitrogens with zero attached hydrogens (tertiary/aromatic N) is 4. The third kappa shape index (κ3) is 7.99. The highest BCUT2D eigenvalue weighted by atomic mass is 127. The number of aryl methyl sites for hydroxylation is 2. The SMILES string of the molecule is CCNC(=NCC(c1cccc(OC)c1)N1CCCC1)NCCCc1cnn(C)c1.I. The van der Waals surface area contributed by atoms with E-state index in [0.29, 0.717) is 0 Å². The first-order valence-corrected chi connectivity index (χ1v) is 11.1. The summed E-state index contributed by atoms with van der Waals surface area (Å²) in [5.74, 6) is 1.79. The Hall–Kier alpha value is -1.81. The van der Waals surface area contributed by atoms with Crippen molar-refractivity contribution in [1.29, 1.82) is 0 Å². The van der Waals surface area contributed by atoms with E-state index in [2.05, 4.69) is 52.0 Å². The monoisotopic (exact) mass is 540 g/mol. The van der Waals surface area contributed by atoms with Gasteiger partial charge in [0.15, 0.2) is 5.96 Å². The first-order valence-electron chi connectivity index (χ1n) is 11.1. The molecule has 1 atom stereocenters. The van der Waals surface area contributed by atoms with E-state index in [1.807, 2.05) is 24.0 Å². The molecule has 1 aromatic carbocycles. The van der Waals surface area contributed by atoms with Gasteiger partial charge in [0, 0.05) is 26.3 Å². The minimum absolute atomic E-state index is 0. The maximum absolute atomic E-state index is 5.45. The zero-order chi connectivity index (χ0) is 21.2. The fraction of sp³-hybridized carbons (Fsp3) is 0.565. The zero-order valence-electron chi connectivity index (χ0n) is 19.0. The Labute approximate surface area is 203 Å². The fourth-order valence-electron chi connectivity index (χ4n) is 3.95. The number of hydrogen-bond acceptors (Lipinski definition) is 4. The molecule has 1 fully saturated rings. The summed E-state index contributed by atoms with van der Waals surface area (Å²) in [6.07, 6.45) is 8.60. The van der Waals surface area contributed by atoms with Crippen LogP contribution in [0.1, 0.15) is 43.4 Å². The lowest BCUT2D eigenvalue weighted by atomic mass is 10.1. The smallest absolute Gasteiger partial charge is 0.191 e. The van der Waals surface area contributed by atoms with Crippen LogP contribution >= 0.6 is 24.0 Å². The average Bonchev–Trinajstić information content (AvgIpc) is 3.43. The summed E-state index contributed by atoms with van der Waals surface area (Å²) < 4.78 is 7.30. The van der Waals surface area contributed by atoms with Crippen molar-refractivity contribution in [3.63, 3.8) is 0 Å². The normalized spacial score (nSPS) is 15.4. The van der Waals surface area contributed by atoms with E-state index >= 15 is 0 Å². The van der Waals surface area contributed by atoms with Gasteiger partial charge in [0.25, 0.3) is 0 Å². The molecule has 0 amide bonds. The van der Waals surface area contributed by atoms with Crippen LogP contribution < -0.4 is 15.4 Å². The van der Waals surface area contributed by atoms with E-state index in [4.69, 9.17) is 9.73 Å². The van der Waals surface area contributed by atoms with Crippen LogP contribution in [0.25, 0.3) is 0 Å². The molecule has 0 bridgehead atoms. The van der Waals surface area contributed by atoms with E-state index in [1.165, 1.54) is 24.0 Å². The van der Waals surface area contributed by atoms with E-state index in [-0.39, 0.29) is 30.0 Å². The number of guanidine groups is 1. The van der Waals surface area contributed by atoms with Crippen LogP contribution in [0.3, 0.4) is 0 Å². The van der Waals surface area contributed by atoms with Gasteiger partial charge in [-0.2, -0.15) is 5.10 Å². The molecule has 1 unspecified atom stereocenters. The predicted molar refractivity (Wildman–Crippen MR) is 137 cm³/mol. The van der Waals surface area contributed by atoms with Crippen molar-refractivity contribution in [2.24, 2.45) is 12.0 Å². The molecule has 1 aliphatic heterocycles. The molecule has 3 rings (SSSR count). The van der Waals surface area contributed by atoms with Gasteiger partial charge in [0.05, 0.1) is 25.9 Å². The van der Waals surface area contributed by atoms with Gasteiger partial charge < -0.3 is 15.4 Å². The number of hydrogen-bond donors (Lipinski definition) is 2. The summed E-state index contributed by atoms with van der Waals surface area (Å²) in [4.78, 5) is 7.48. The second-order valence-corrected chi connectivity index (χ2v) is 7.81. The van der Waals surface area contributed by atoms with Gasteiger partial charge in [0.2, 0.25) is 0 Å². The Kier molecular flexibility index (Phi) is 11.1. The van der Waals surface area contributed by atoms with Crippen molar-refractivity contribution in [2.45, 2.75) is 38.6 Å². The molecule has 7 nitrogen and oxygen atoms in total. The molecule has 8 heteroatoms. The number of aromatic nitrogens is 2. The first kappa shape index (κ1) is 25.5. The maximum Gasteiger partial charge on any atom is 0.191 e. The number of benzene rings is 1. The summed E-state index contributed by atoms with van der Waals surface area (Å²) >= 11 is 0. The highest BCUT2D eigenvalue weighted by Gasteiger charge is 2.23. The predicted octanol–water partition coefficient (Wildman–Crippen LogP) is 3.37. The Balaban J connectivity index is 0.00000341. The summed E-state index contributed by atoms with van der Waals surface area (Å²) in [5.41, 5.74) is 2.54. The molecule has 172 valence electrons. The van der Waals surface area contributed by atoms with Gasteiger partial charge in [0.1, 0.15) is 5.75 Å². The number of aliphatic imine (C=N–C) groups is 1. The fourth-order valence-corrected chi connectivity index (χ4v) is 3.95. The number of methoxy groups -OCH3 is 1. The van der Waals surface area contributed by atoms with Crippen LogP contribution in [0.2, 0.25) is 0 Å². The summed E-state index contributed by atoms with van der Waals surface area (Å²) in [5, 5.41) is 11.1. The van der Waals surface area contributed by atoms with E-state index in [1.54, 1.807) is 7.11 Å². The Morgan fingerprint density at radius 2 is 2.06 bits per heavy atom. The van der Waals surface area contributed by atoms with E-state index in [0.717, 1.165) is 57.3 Å². The van der Waals surface area contributed by atoms with E-state index in [9.17, 15) is 0 Å². The molecule has 0 saturated carbocycles. The summed E-state index contributed by atoms with van der Waals surface area (Å²) in [7, 11) is 3.68. The maximum atomic E-state index is 5.45. The third-order valence-electron chi connectivity index (χ3n) is 5.52. The van der Waals surface area contributed by atoms with Crippen molar-refractivity contribution >= 4 is 29.9 Å². The highest BCUT2D eigenvalue weighted by molar-refractivity contribution is 14.0. The highest BCUT2D eigenvalue weighted by Crippen LogP contribution is 2.27. The third-order valence-corrected chi connectivity index (χ3v) is 5.52. The molecule has 1 saturated heterocycles. The molecule has 1 aromatic heterocycles. The van der Waals surface area contributed by atoms with Crippen molar-refractivity contribution in [2.75, 3.05) is 39.8 Å². The number of likely N-dealkylation sites (tertiary alicyclic amines) is 1. The lowest BCUT2D eigenvalue weighted by molar-refractivity contribution is 0.251. The van der Waals surface area contributed by atoms with E-state index < -0.39 is 0 Å². The van der Waals surface area contributed by atoms with Gasteiger partial charge in [-0.1, -0.05) is 12.1 Å². The van der Waals surface area contributed by atoms with Gasteiger partial charge >= 0.3 is 0 Å². The van der Waals surface area contributed by atoms with Crippen molar-refractivity contribution in [1.82, 2.24) is 25.3 Å². The molecule has 2 aromatic rings. The molecular formula is C23H37IN6O. The largest absolute Gasteiger partial charge is 0.497 e. The van der Waals surface area contributed by atoms with Crippen LogP contribution in [-0.2, 0) is 13.5 Å². The number of rotatable bonds is 10. The van der Waals surface area contributed by atoms with Gasteiger partial charge in [-0.25, -0.2) is 0 Å². The lowest BCUT2D eigenvalue weighted by Crippen LogP contribution is -2.39. The van der Waals surface area contributed by atoms with Gasteiger partial charge in [-0.3, -0.25) is 14.6 Å². The standard InChI is InChI=1S/C23H36N6O.HI/c1-4-24-23(25-12-8-9-19-16-27-28(2)18-19)26-17-22(29-13-5-6-14-29)20-10-7-11-21(15-20)30-3;/h7,10-11,15-16,18,22H,4-6,8-9,12-14,17H2,1-3H3,(H2,24,25,26);1H. The average molecular weight is 540 g/mol. The van der Waals surface area contributed by atoms with Crippen LogP contribution in [0.5, 0.6) is 5.75 Å². The zero-order valence-corrected chi connectivity index (χ0v) is 21.3. The summed E-state index contributed by atoms with van der Waals surface area (Å²) in [6, 6.07) is 8.68. The van der Waals surface area contributed by atoms with Crippen molar-refractivity contribution in [3.8, 4) is 5.75 Å². The van der Waals surface area contributed by atoms with Crippen molar-refractivity contribution < 1.29 is 4.74 Å². The topological polar surface area (TPSA) is 66.7 Å². The molecule has 0 spiro atoms. The molecule has 2 heterocycles. The number of nitrogens with one attached hydrogen (secondary N) is 2. The van der Waals surface area contributed by atoms with Crippen LogP contribution in [0.15, 0.2) is 41.7 Å². The van der Waals surface area contributed by atoms with Crippen LogP contribution in [-0.4, -0.2) is 60.5 Å². The minimum atomic E-state index is 0. The molecular weight excluding hydrogens is 503 g/mol. The van der Waals surface area contributed by atoms with Gasteiger partial charge in [-0.05, 0) is 69.0 Å². The molecule has 2 N–H and O–H groups in total. The van der Waals surface area contributed by atoms with Crippen molar-refractivity contribution in [3.05, 3.63) is 47.8 Å². The van der Waals surface area contributed by atoms with Crippen LogP contribution in [0.4, 0.5) is 0 Å². The Bertz CT molecular complexity index is 803. The molecule has 0 aliphatic carbocycles. The number of halogens is 1. The Morgan fingerprint density at radius 3 is 2.74 bits per heavy atom. The molecule has 0 radical (unpaired) electrons. The Morgan fingerprint density at radius 1 is 1.26 bits per heavy atom. The number of ether oxygens (including phenoxy) is 1. The van der Waals surface area contributed by atoms with Gasteiger partial charge in [-0.15, -0.1) is 24.0 Å².